The van der Waals surface area contributed by atoms with E-state index in [1.54, 1.807) is 6.20 Å². The van der Waals surface area contributed by atoms with Gasteiger partial charge in [-0.2, -0.15) is 5.10 Å². The van der Waals surface area contributed by atoms with Crippen molar-refractivity contribution in [2.24, 2.45) is 0 Å². The van der Waals surface area contributed by atoms with Gasteiger partial charge in [0, 0.05) is 29.2 Å². The molecule has 4 heteroatoms. The monoisotopic (exact) mass is 216 g/mol. The van der Waals surface area contributed by atoms with Gasteiger partial charge >= 0.3 is 0 Å². The van der Waals surface area contributed by atoms with E-state index in [-0.39, 0.29) is 0 Å². The average molecular weight is 216 g/mol. The van der Waals surface area contributed by atoms with E-state index in [1.807, 2.05) is 18.3 Å². The van der Waals surface area contributed by atoms with Gasteiger partial charge in [-0.15, -0.1) is 0 Å². The van der Waals surface area contributed by atoms with Crippen LogP contribution in [-0.2, 0) is 6.42 Å². The number of nitrogens with one attached hydrogen (secondary N) is 1. The molecule has 0 atom stereocenters. The molecule has 0 radical (unpaired) electrons. The predicted octanol–water partition coefficient (Wildman–Crippen LogP) is 2.40. The molecular formula is C12H16N4. The maximum absolute atomic E-state index is 5.87. The standard InChI is InChI=1S/C12H16N4/c1-2-3-6-10-11(12(13)16-15-10)9-5-4-7-14-8-9/h4-5,7-8H,2-3,6H2,1H3,(H3,13,15,16). The van der Waals surface area contributed by atoms with Crippen LogP contribution >= 0.6 is 0 Å². The summed E-state index contributed by atoms with van der Waals surface area (Å²) >= 11 is 0. The van der Waals surface area contributed by atoms with Crippen LogP contribution in [0.2, 0.25) is 0 Å². The van der Waals surface area contributed by atoms with Gasteiger partial charge in [0.2, 0.25) is 0 Å². The molecule has 2 aromatic rings. The maximum Gasteiger partial charge on any atom is 0.153 e. The van der Waals surface area contributed by atoms with Gasteiger partial charge in [0.15, 0.2) is 5.82 Å². The van der Waals surface area contributed by atoms with Crippen molar-refractivity contribution in [2.45, 2.75) is 26.2 Å². The third kappa shape index (κ3) is 2.05. The van der Waals surface area contributed by atoms with Crippen molar-refractivity contribution >= 4 is 5.82 Å². The van der Waals surface area contributed by atoms with E-state index < -0.39 is 0 Å². The Morgan fingerprint density at radius 1 is 1.44 bits per heavy atom. The number of rotatable bonds is 4. The fourth-order valence-electron chi connectivity index (χ4n) is 1.76. The van der Waals surface area contributed by atoms with Gasteiger partial charge in [-0.1, -0.05) is 19.4 Å². The highest BCUT2D eigenvalue weighted by Gasteiger charge is 2.12. The van der Waals surface area contributed by atoms with Gasteiger partial charge in [-0.3, -0.25) is 10.1 Å². The summed E-state index contributed by atoms with van der Waals surface area (Å²) in [5.41, 5.74) is 9.01. The number of pyridine rings is 1. The lowest BCUT2D eigenvalue weighted by Gasteiger charge is -2.02. The molecule has 84 valence electrons. The quantitative estimate of drug-likeness (QED) is 0.824. The molecule has 0 fully saturated rings. The van der Waals surface area contributed by atoms with Crippen LogP contribution in [0.5, 0.6) is 0 Å². The number of aromatic nitrogens is 3. The molecule has 0 bridgehead atoms. The van der Waals surface area contributed by atoms with E-state index >= 15 is 0 Å². The number of nitrogens with two attached hydrogens (primary N) is 1. The van der Waals surface area contributed by atoms with Crippen molar-refractivity contribution in [3.63, 3.8) is 0 Å². The number of anilines is 1. The number of aromatic amines is 1. The molecule has 0 aromatic carbocycles. The highest BCUT2D eigenvalue weighted by Crippen LogP contribution is 2.27. The number of H-pyrrole nitrogens is 1. The van der Waals surface area contributed by atoms with E-state index in [1.165, 1.54) is 0 Å². The Hall–Kier alpha value is -1.84. The minimum absolute atomic E-state index is 0.555. The Labute approximate surface area is 94.9 Å². The molecule has 0 amide bonds. The zero-order valence-corrected chi connectivity index (χ0v) is 9.40. The van der Waals surface area contributed by atoms with E-state index in [0.717, 1.165) is 36.1 Å². The summed E-state index contributed by atoms with van der Waals surface area (Å²) in [6.45, 7) is 2.17. The number of nitrogen functional groups attached to an aromatic ring is 1. The molecule has 0 unspecified atom stereocenters. The summed E-state index contributed by atoms with van der Waals surface area (Å²) in [4.78, 5) is 4.11. The second-order valence-corrected chi connectivity index (χ2v) is 3.81. The first-order chi connectivity index (χ1) is 7.83. The van der Waals surface area contributed by atoms with Gasteiger partial charge in [-0.05, 0) is 18.9 Å². The summed E-state index contributed by atoms with van der Waals surface area (Å²) in [5, 5.41) is 7.08. The molecule has 2 heterocycles. The largest absolute Gasteiger partial charge is 0.382 e. The van der Waals surface area contributed by atoms with E-state index in [2.05, 4.69) is 22.1 Å². The molecular weight excluding hydrogens is 200 g/mol. The van der Waals surface area contributed by atoms with Gasteiger partial charge in [-0.25, -0.2) is 0 Å². The van der Waals surface area contributed by atoms with Crippen LogP contribution in [0.15, 0.2) is 24.5 Å². The molecule has 3 N–H and O–H groups in total. The fourth-order valence-corrected chi connectivity index (χ4v) is 1.76. The first-order valence-electron chi connectivity index (χ1n) is 5.56. The van der Waals surface area contributed by atoms with Crippen LogP contribution in [0.4, 0.5) is 5.82 Å². The van der Waals surface area contributed by atoms with Crippen molar-refractivity contribution in [3.05, 3.63) is 30.2 Å². The molecule has 0 aliphatic heterocycles. The zero-order chi connectivity index (χ0) is 11.4. The molecule has 0 aliphatic carbocycles. The maximum atomic E-state index is 5.87. The lowest BCUT2D eigenvalue weighted by Crippen LogP contribution is -1.91. The number of aryl methyl sites for hydroxylation is 1. The lowest BCUT2D eigenvalue weighted by molar-refractivity contribution is 0.773. The summed E-state index contributed by atoms with van der Waals surface area (Å²) in [5.74, 6) is 0.555. The smallest absolute Gasteiger partial charge is 0.153 e. The second kappa shape index (κ2) is 4.79. The summed E-state index contributed by atoms with van der Waals surface area (Å²) in [7, 11) is 0. The average Bonchev–Trinajstić information content (AvgIpc) is 2.69. The first kappa shape index (κ1) is 10.7. The Balaban J connectivity index is 2.35. The minimum Gasteiger partial charge on any atom is -0.382 e. The van der Waals surface area contributed by atoms with Crippen molar-refractivity contribution < 1.29 is 0 Å². The Bertz CT molecular complexity index is 447. The first-order valence-corrected chi connectivity index (χ1v) is 5.56. The topological polar surface area (TPSA) is 67.6 Å². The van der Waals surface area contributed by atoms with Crippen LogP contribution < -0.4 is 5.73 Å². The minimum atomic E-state index is 0.555. The van der Waals surface area contributed by atoms with E-state index in [0.29, 0.717) is 5.82 Å². The third-order valence-electron chi connectivity index (χ3n) is 2.60. The van der Waals surface area contributed by atoms with Crippen molar-refractivity contribution in [3.8, 4) is 11.1 Å². The van der Waals surface area contributed by atoms with E-state index in [4.69, 9.17) is 5.73 Å². The van der Waals surface area contributed by atoms with Crippen LogP contribution in [0.3, 0.4) is 0 Å². The molecule has 0 aliphatic rings. The molecule has 2 rings (SSSR count). The zero-order valence-electron chi connectivity index (χ0n) is 9.40. The number of hydrogen-bond donors (Lipinski definition) is 2. The molecule has 2 aromatic heterocycles. The molecule has 0 saturated carbocycles. The molecule has 0 saturated heterocycles. The van der Waals surface area contributed by atoms with Gasteiger partial charge in [0.05, 0.1) is 0 Å². The fraction of sp³-hybridized carbons (Fsp3) is 0.333. The third-order valence-corrected chi connectivity index (χ3v) is 2.60. The van der Waals surface area contributed by atoms with Crippen molar-refractivity contribution in [2.75, 3.05) is 5.73 Å². The van der Waals surface area contributed by atoms with Crippen LogP contribution in [0, 0.1) is 0 Å². The van der Waals surface area contributed by atoms with Crippen molar-refractivity contribution in [1.82, 2.24) is 15.2 Å². The van der Waals surface area contributed by atoms with Crippen molar-refractivity contribution in [1.29, 1.82) is 0 Å². The normalized spacial score (nSPS) is 10.6. The lowest BCUT2D eigenvalue weighted by atomic mass is 10.0. The Kier molecular flexibility index (Phi) is 3.19. The highest BCUT2D eigenvalue weighted by atomic mass is 15.2. The number of hydrogen-bond acceptors (Lipinski definition) is 3. The SMILES string of the molecule is CCCCc1[nH]nc(N)c1-c1cccnc1. The van der Waals surface area contributed by atoms with Crippen LogP contribution in [0.1, 0.15) is 25.5 Å². The second-order valence-electron chi connectivity index (χ2n) is 3.81. The number of nitrogens with zero attached hydrogens (tertiary/aromatic N) is 2. The highest BCUT2D eigenvalue weighted by molar-refractivity contribution is 5.75. The predicted molar refractivity (Wildman–Crippen MR) is 64.8 cm³/mol. The molecule has 4 nitrogen and oxygen atoms in total. The summed E-state index contributed by atoms with van der Waals surface area (Å²) in [6, 6.07) is 3.91. The summed E-state index contributed by atoms with van der Waals surface area (Å²) in [6.07, 6.45) is 6.84. The Morgan fingerprint density at radius 2 is 2.31 bits per heavy atom. The van der Waals surface area contributed by atoms with Crippen LogP contribution in [-0.4, -0.2) is 15.2 Å². The summed E-state index contributed by atoms with van der Waals surface area (Å²) < 4.78 is 0. The van der Waals surface area contributed by atoms with Gasteiger partial charge < -0.3 is 5.73 Å². The Morgan fingerprint density at radius 3 is 3.00 bits per heavy atom. The molecule has 0 spiro atoms. The number of unbranched alkanes of at least 4 members (excludes halogenated alkanes) is 1. The molecule has 16 heavy (non-hydrogen) atoms. The van der Waals surface area contributed by atoms with Crippen LogP contribution in [0.25, 0.3) is 11.1 Å². The van der Waals surface area contributed by atoms with Gasteiger partial charge in [0.1, 0.15) is 0 Å². The van der Waals surface area contributed by atoms with Gasteiger partial charge in [0.25, 0.3) is 0 Å². The van der Waals surface area contributed by atoms with E-state index in [9.17, 15) is 0 Å².